The lowest BCUT2D eigenvalue weighted by Crippen LogP contribution is -2.36. The van der Waals surface area contributed by atoms with Gasteiger partial charge in [-0.15, -0.1) is 0 Å². The SMILES string of the molecule is CC.CC(C)/C=C/C(=O)C1(C)CC(O)CC1(C)C. The first-order chi connectivity index (χ1) is 8.19. The molecule has 0 aromatic heterocycles. The molecule has 0 heterocycles. The number of hydrogen-bond donors (Lipinski definition) is 1. The molecule has 1 saturated carbocycles. The van der Waals surface area contributed by atoms with Crippen molar-refractivity contribution in [2.45, 2.75) is 67.4 Å². The summed E-state index contributed by atoms with van der Waals surface area (Å²) in [7, 11) is 0. The molecule has 0 bridgehead atoms. The number of carbonyl (C=O) groups excluding carboxylic acids is 1. The van der Waals surface area contributed by atoms with Gasteiger partial charge in [0.25, 0.3) is 0 Å². The van der Waals surface area contributed by atoms with Crippen LogP contribution in [0.5, 0.6) is 0 Å². The average Bonchev–Trinajstić information content (AvgIpc) is 2.47. The van der Waals surface area contributed by atoms with E-state index in [1.807, 2.05) is 26.8 Å². The average molecular weight is 254 g/mol. The fourth-order valence-electron chi connectivity index (χ4n) is 2.53. The van der Waals surface area contributed by atoms with E-state index in [2.05, 4.69) is 27.7 Å². The molecule has 2 unspecified atom stereocenters. The molecule has 1 N–H and O–H groups in total. The highest BCUT2D eigenvalue weighted by atomic mass is 16.3. The molecular formula is C16H30O2. The molecule has 0 spiro atoms. The van der Waals surface area contributed by atoms with E-state index in [0.29, 0.717) is 18.8 Å². The zero-order valence-electron chi connectivity index (χ0n) is 13.1. The molecule has 2 heteroatoms. The summed E-state index contributed by atoms with van der Waals surface area (Å²) in [5.74, 6) is 0.546. The van der Waals surface area contributed by atoms with Crippen molar-refractivity contribution in [1.29, 1.82) is 0 Å². The first-order valence-electron chi connectivity index (χ1n) is 7.10. The Balaban J connectivity index is 0.00000137. The summed E-state index contributed by atoms with van der Waals surface area (Å²) >= 11 is 0. The lowest BCUT2D eigenvalue weighted by atomic mass is 9.66. The van der Waals surface area contributed by atoms with Crippen molar-refractivity contribution in [1.82, 2.24) is 0 Å². The van der Waals surface area contributed by atoms with Gasteiger partial charge in [-0.2, -0.15) is 0 Å². The molecule has 18 heavy (non-hydrogen) atoms. The summed E-state index contributed by atoms with van der Waals surface area (Å²) in [5.41, 5.74) is -0.539. The summed E-state index contributed by atoms with van der Waals surface area (Å²) in [6, 6.07) is 0. The summed E-state index contributed by atoms with van der Waals surface area (Å²) in [5, 5.41) is 9.75. The summed E-state index contributed by atoms with van der Waals surface area (Å²) < 4.78 is 0. The maximum Gasteiger partial charge on any atom is 0.161 e. The van der Waals surface area contributed by atoms with Crippen LogP contribution in [-0.4, -0.2) is 17.0 Å². The van der Waals surface area contributed by atoms with E-state index in [1.54, 1.807) is 6.08 Å². The van der Waals surface area contributed by atoms with Crippen molar-refractivity contribution in [2.24, 2.45) is 16.7 Å². The Morgan fingerprint density at radius 1 is 1.22 bits per heavy atom. The van der Waals surface area contributed by atoms with Crippen molar-refractivity contribution < 1.29 is 9.90 Å². The van der Waals surface area contributed by atoms with Crippen LogP contribution in [0.2, 0.25) is 0 Å². The van der Waals surface area contributed by atoms with Crippen molar-refractivity contribution in [2.75, 3.05) is 0 Å². The van der Waals surface area contributed by atoms with Crippen molar-refractivity contribution >= 4 is 5.78 Å². The fraction of sp³-hybridized carbons (Fsp3) is 0.812. The zero-order chi connectivity index (χ0) is 14.6. The Morgan fingerprint density at radius 3 is 2.06 bits per heavy atom. The van der Waals surface area contributed by atoms with Crippen LogP contribution in [0.4, 0.5) is 0 Å². The molecule has 1 aliphatic rings. The summed E-state index contributed by atoms with van der Waals surface area (Å²) in [6.45, 7) is 14.2. The van der Waals surface area contributed by atoms with Crippen LogP contribution in [0.3, 0.4) is 0 Å². The predicted molar refractivity (Wildman–Crippen MR) is 77.5 cm³/mol. The molecule has 106 valence electrons. The normalized spacial score (nSPS) is 30.4. The van der Waals surface area contributed by atoms with Crippen LogP contribution in [0.1, 0.15) is 61.3 Å². The van der Waals surface area contributed by atoms with Gasteiger partial charge in [0.05, 0.1) is 6.10 Å². The molecular weight excluding hydrogens is 224 g/mol. The minimum Gasteiger partial charge on any atom is -0.393 e. The van der Waals surface area contributed by atoms with Gasteiger partial charge in [0.2, 0.25) is 0 Å². The maximum absolute atomic E-state index is 12.2. The molecule has 1 rings (SSSR count). The standard InChI is InChI=1S/C14H24O2.C2H6/c1-10(2)6-7-12(16)14(5)9-11(15)8-13(14,3)4;1-2/h6-7,10-11,15H,8-9H2,1-5H3;1-2H3/b7-6+;. The smallest absolute Gasteiger partial charge is 0.161 e. The molecule has 1 fully saturated rings. The van der Waals surface area contributed by atoms with Crippen molar-refractivity contribution in [3.63, 3.8) is 0 Å². The summed E-state index contributed by atoms with van der Waals surface area (Å²) in [6.07, 6.45) is 4.60. The maximum atomic E-state index is 12.2. The third kappa shape index (κ3) is 3.68. The zero-order valence-corrected chi connectivity index (χ0v) is 13.1. The van der Waals surface area contributed by atoms with Crippen molar-refractivity contribution in [3.05, 3.63) is 12.2 Å². The number of hydrogen-bond acceptors (Lipinski definition) is 2. The van der Waals surface area contributed by atoms with Gasteiger partial charge >= 0.3 is 0 Å². The van der Waals surface area contributed by atoms with Gasteiger partial charge in [0.15, 0.2) is 5.78 Å². The van der Waals surface area contributed by atoms with Gasteiger partial charge in [-0.1, -0.05) is 54.5 Å². The van der Waals surface area contributed by atoms with E-state index in [4.69, 9.17) is 0 Å². The molecule has 0 aliphatic heterocycles. The van der Waals surface area contributed by atoms with Crippen LogP contribution in [-0.2, 0) is 4.79 Å². The first kappa shape index (κ1) is 17.4. The summed E-state index contributed by atoms with van der Waals surface area (Å²) in [4.78, 5) is 12.2. The van der Waals surface area contributed by atoms with E-state index in [0.717, 1.165) is 0 Å². The highest BCUT2D eigenvalue weighted by molar-refractivity contribution is 5.95. The van der Waals surface area contributed by atoms with Gasteiger partial charge in [-0.3, -0.25) is 4.79 Å². The van der Waals surface area contributed by atoms with E-state index in [1.165, 1.54) is 0 Å². The molecule has 0 aromatic rings. The number of aliphatic hydroxyl groups is 1. The Hall–Kier alpha value is -0.630. The Kier molecular flexibility index (Phi) is 6.28. The highest BCUT2D eigenvalue weighted by Gasteiger charge is 2.52. The van der Waals surface area contributed by atoms with Gasteiger partial charge in [0, 0.05) is 5.41 Å². The van der Waals surface area contributed by atoms with Gasteiger partial charge < -0.3 is 5.11 Å². The minimum absolute atomic E-state index is 0.120. The van der Waals surface area contributed by atoms with E-state index in [9.17, 15) is 9.90 Å². The van der Waals surface area contributed by atoms with Gasteiger partial charge in [-0.05, 0) is 30.3 Å². The Bertz CT molecular complexity index is 302. The third-order valence-corrected chi connectivity index (χ3v) is 4.06. The van der Waals surface area contributed by atoms with Crippen LogP contribution in [0, 0.1) is 16.7 Å². The van der Waals surface area contributed by atoms with Crippen LogP contribution >= 0.6 is 0 Å². The van der Waals surface area contributed by atoms with Crippen LogP contribution in [0.25, 0.3) is 0 Å². The highest BCUT2D eigenvalue weighted by Crippen LogP contribution is 2.53. The lowest BCUT2D eigenvalue weighted by molar-refractivity contribution is -0.127. The molecule has 0 saturated heterocycles. The molecule has 1 aliphatic carbocycles. The third-order valence-electron chi connectivity index (χ3n) is 4.06. The van der Waals surface area contributed by atoms with Gasteiger partial charge in [-0.25, -0.2) is 0 Å². The molecule has 2 atom stereocenters. The second-order valence-corrected chi connectivity index (χ2v) is 6.25. The van der Waals surface area contributed by atoms with Crippen LogP contribution < -0.4 is 0 Å². The number of ketones is 1. The van der Waals surface area contributed by atoms with E-state index < -0.39 is 5.41 Å². The lowest BCUT2D eigenvalue weighted by Gasteiger charge is -2.35. The molecule has 2 nitrogen and oxygen atoms in total. The monoisotopic (exact) mass is 254 g/mol. The fourth-order valence-corrected chi connectivity index (χ4v) is 2.53. The number of allylic oxidation sites excluding steroid dienone is 2. The van der Waals surface area contributed by atoms with E-state index >= 15 is 0 Å². The largest absolute Gasteiger partial charge is 0.393 e. The number of carbonyl (C=O) groups is 1. The Morgan fingerprint density at radius 2 is 1.72 bits per heavy atom. The number of aliphatic hydroxyl groups excluding tert-OH is 1. The molecule has 0 amide bonds. The van der Waals surface area contributed by atoms with Gasteiger partial charge in [0.1, 0.15) is 0 Å². The second kappa shape index (κ2) is 6.51. The molecule has 0 radical (unpaired) electrons. The predicted octanol–water partition coefficient (Wildman–Crippen LogP) is 3.98. The molecule has 0 aromatic carbocycles. The Labute approximate surface area is 112 Å². The minimum atomic E-state index is -0.419. The first-order valence-corrected chi connectivity index (χ1v) is 7.10. The van der Waals surface area contributed by atoms with Crippen molar-refractivity contribution in [3.8, 4) is 0 Å². The quantitative estimate of drug-likeness (QED) is 0.773. The number of rotatable bonds is 3. The van der Waals surface area contributed by atoms with E-state index in [-0.39, 0.29) is 17.3 Å². The second-order valence-electron chi connectivity index (χ2n) is 6.25. The topological polar surface area (TPSA) is 37.3 Å². The van der Waals surface area contributed by atoms with Crippen LogP contribution in [0.15, 0.2) is 12.2 Å².